The molecule has 0 unspecified atom stereocenters. The van der Waals surface area contributed by atoms with Gasteiger partial charge in [-0.05, 0) is 24.3 Å². The number of hydrogen-bond donors (Lipinski definition) is 0. The summed E-state index contributed by atoms with van der Waals surface area (Å²) >= 11 is 1.57. The third kappa shape index (κ3) is 3.89. The first-order valence-corrected chi connectivity index (χ1v) is 6.61. The lowest BCUT2D eigenvalue weighted by Gasteiger charge is -2.04. The van der Waals surface area contributed by atoms with Crippen molar-refractivity contribution in [2.45, 2.75) is 5.03 Å². The number of nitrogens with zero attached hydrogens (tertiary/aromatic N) is 1. The average molecular weight is 259 g/mol. The minimum atomic E-state index is -0.280. The van der Waals surface area contributed by atoms with Crippen molar-refractivity contribution in [1.82, 2.24) is 4.98 Å². The van der Waals surface area contributed by atoms with E-state index in [0.717, 1.165) is 5.03 Å². The van der Waals surface area contributed by atoms with E-state index in [4.69, 9.17) is 4.74 Å². The topological polar surface area (TPSA) is 39.2 Å². The van der Waals surface area contributed by atoms with Crippen LogP contribution >= 0.6 is 11.8 Å². The van der Waals surface area contributed by atoms with Crippen molar-refractivity contribution in [1.29, 1.82) is 0 Å². The van der Waals surface area contributed by atoms with Gasteiger partial charge in [-0.3, -0.25) is 0 Å². The minimum absolute atomic E-state index is 0.280. The molecule has 0 aliphatic heterocycles. The van der Waals surface area contributed by atoms with Crippen molar-refractivity contribution < 1.29 is 9.53 Å². The second-order valence-electron chi connectivity index (χ2n) is 3.52. The summed E-state index contributed by atoms with van der Waals surface area (Å²) in [4.78, 5) is 15.8. The Hall–Kier alpha value is -1.81. The molecular weight excluding hydrogens is 246 g/mol. The molecule has 3 nitrogen and oxygen atoms in total. The molecule has 18 heavy (non-hydrogen) atoms. The molecule has 0 spiro atoms. The zero-order chi connectivity index (χ0) is 12.6. The highest BCUT2D eigenvalue weighted by Crippen LogP contribution is 2.13. The van der Waals surface area contributed by atoms with Crippen molar-refractivity contribution in [3.05, 3.63) is 60.3 Å². The molecule has 1 aromatic heterocycles. The van der Waals surface area contributed by atoms with E-state index in [1.54, 1.807) is 30.1 Å². The maximum atomic E-state index is 11.6. The summed E-state index contributed by atoms with van der Waals surface area (Å²) in [7, 11) is 0. The van der Waals surface area contributed by atoms with Crippen LogP contribution in [0.25, 0.3) is 0 Å². The number of aromatic nitrogens is 1. The van der Waals surface area contributed by atoms with E-state index in [1.165, 1.54) is 0 Å². The van der Waals surface area contributed by atoms with Gasteiger partial charge < -0.3 is 4.74 Å². The Bertz CT molecular complexity index is 488. The number of carbonyl (C=O) groups excluding carboxylic acids is 1. The van der Waals surface area contributed by atoms with E-state index < -0.39 is 0 Å². The summed E-state index contributed by atoms with van der Waals surface area (Å²) in [5.74, 6) is 0.424. The molecule has 92 valence electrons. The summed E-state index contributed by atoms with van der Waals surface area (Å²) < 4.78 is 5.16. The second kappa shape index (κ2) is 6.81. The van der Waals surface area contributed by atoms with Crippen LogP contribution in [0.15, 0.2) is 59.8 Å². The maximum Gasteiger partial charge on any atom is 0.338 e. The number of pyridine rings is 1. The van der Waals surface area contributed by atoms with Crippen LogP contribution in [0.2, 0.25) is 0 Å². The van der Waals surface area contributed by atoms with E-state index in [-0.39, 0.29) is 5.97 Å². The van der Waals surface area contributed by atoms with Gasteiger partial charge in [-0.2, -0.15) is 0 Å². The Morgan fingerprint density at radius 3 is 2.61 bits per heavy atom. The van der Waals surface area contributed by atoms with Crippen molar-refractivity contribution >= 4 is 17.7 Å². The Balaban J connectivity index is 1.72. The third-order valence-electron chi connectivity index (χ3n) is 2.21. The lowest BCUT2D eigenvalue weighted by atomic mass is 10.2. The molecule has 4 heteroatoms. The molecule has 2 aromatic rings. The number of benzene rings is 1. The number of carbonyl (C=O) groups is 1. The van der Waals surface area contributed by atoms with Gasteiger partial charge in [-0.1, -0.05) is 24.3 Å². The summed E-state index contributed by atoms with van der Waals surface area (Å²) in [6.07, 6.45) is 1.75. The van der Waals surface area contributed by atoms with Gasteiger partial charge in [-0.25, -0.2) is 9.78 Å². The van der Waals surface area contributed by atoms with Gasteiger partial charge in [-0.15, -0.1) is 11.8 Å². The van der Waals surface area contributed by atoms with Crippen LogP contribution in [0.5, 0.6) is 0 Å². The predicted octanol–water partition coefficient (Wildman–Crippen LogP) is 3.03. The molecule has 0 saturated heterocycles. The number of hydrogen-bond acceptors (Lipinski definition) is 4. The number of esters is 1. The molecule has 0 bridgehead atoms. The van der Waals surface area contributed by atoms with Gasteiger partial charge in [0.05, 0.1) is 10.6 Å². The van der Waals surface area contributed by atoms with Gasteiger partial charge in [0.25, 0.3) is 0 Å². The first-order chi connectivity index (χ1) is 8.86. The first kappa shape index (κ1) is 12.6. The molecule has 1 aromatic carbocycles. The Morgan fingerprint density at radius 1 is 1.11 bits per heavy atom. The lowest BCUT2D eigenvalue weighted by molar-refractivity contribution is 0.0530. The quantitative estimate of drug-likeness (QED) is 0.470. The minimum Gasteiger partial charge on any atom is -0.461 e. The fraction of sp³-hybridized carbons (Fsp3) is 0.143. The van der Waals surface area contributed by atoms with Crippen LogP contribution in [0.4, 0.5) is 0 Å². The molecule has 2 rings (SSSR count). The van der Waals surface area contributed by atoms with E-state index in [9.17, 15) is 4.79 Å². The molecule has 0 fully saturated rings. The van der Waals surface area contributed by atoms with Crippen LogP contribution in [-0.4, -0.2) is 23.3 Å². The Morgan fingerprint density at radius 2 is 1.89 bits per heavy atom. The monoisotopic (exact) mass is 259 g/mol. The normalized spacial score (nSPS) is 10.0. The molecule has 0 saturated carbocycles. The third-order valence-corrected chi connectivity index (χ3v) is 3.12. The number of thioether (sulfide) groups is 1. The summed E-state index contributed by atoms with van der Waals surface area (Å²) in [6, 6.07) is 14.7. The van der Waals surface area contributed by atoms with Crippen molar-refractivity contribution in [2.24, 2.45) is 0 Å². The zero-order valence-corrected chi connectivity index (χ0v) is 10.6. The maximum absolute atomic E-state index is 11.6. The van der Waals surface area contributed by atoms with E-state index in [0.29, 0.717) is 17.9 Å². The van der Waals surface area contributed by atoms with E-state index >= 15 is 0 Å². The molecule has 0 radical (unpaired) electrons. The van der Waals surface area contributed by atoms with Gasteiger partial charge in [0, 0.05) is 11.9 Å². The van der Waals surface area contributed by atoms with Gasteiger partial charge in [0.15, 0.2) is 0 Å². The summed E-state index contributed by atoms with van der Waals surface area (Å²) in [5, 5.41) is 0.938. The second-order valence-corrected chi connectivity index (χ2v) is 4.63. The standard InChI is InChI=1S/C14H13NO2S/c16-14(12-6-2-1-3-7-12)17-10-11-18-13-8-4-5-9-15-13/h1-9H,10-11H2. The molecule has 0 N–H and O–H groups in total. The van der Waals surface area contributed by atoms with Crippen molar-refractivity contribution in [2.75, 3.05) is 12.4 Å². The molecule has 0 aliphatic carbocycles. The fourth-order valence-electron chi connectivity index (χ4n) is 1.37. The van der Waals surface area contributed by atoms with Crippen molar-refractivity contribution in [3.8, 4) is 0 Å². The molecule has 0 amide bonds. The molecule has 1 heterocycles. The predicted molar refractivity (Wildman–Crippen MR) is 71.7 cm³/mol. The highest BCUT2D eigenvalue weighted by Gasteiger charge is 2.05. The van der Waals surface area contributed by atoms with Crippen LogP contribution in [0.1, 0.15) is 10.4 Å². The largest absolute Gasteiger partial charge is 0.461 e. The average Bonchev–Trinajstić information content (AvgIpc) is 2.45. The SMILES string of the molecule is O=C(OCCSc1ccccn1)c1ccccc1. The molecular formula is C14H13NO2S. The first-order valence-electron chi connectivity index (χ1n) is 5.62. The van der Waals surface area contributed by atoms with E-state index in [2.05, 4.69) is 4.98 Å². The Kier molecular flexibility index (Phi) is 4.78. The van der Waals surface area contributed by atoms with Crippen LogP contribution in [0, 0.1) is 0 Å². The fourth-order valence-corrected chi connectivity index (χ4v) is 2.06. The number of ether oxygens (including phenoxy) is 1. The molecule has 0 atom stereocenters. The lowest BCUT2D eigenvalue weighted by Crippen LogP contribution is -2.07. The molecule has 0 aliphatic rings. The van der Waals surface area contributed by atoms with Crippen LogP contribution < -0.4 is 0 Å². The highest BCUT2D eigenvalue weighted by atomic mass is 32.2. The van der Waals surface area contributed by atoms with Gasteiger partial charge in [0.1, 0.15) is 6.61 Å². The Labute approximate surface area is 110 Å². The van der Waals surface area contributed by atoms with Crippen LogP contribution in [0.3, 0.4) is 0 Å². The summed E-state index contributed by atoms with van der Waals surface area (Å²) in [6.45, 7) is 0.384. The zero-order valence-electron chi connectivity index (χ0n) is 9.78. The smallest absolute Gasteiger partial charge is 0.338 e. The highest BCUT2D eigenvalue weighted by molar-refractivity contribution is 7.99. The van der Waals surface area contributed by atoms with Crippen LogP contribution in [-0.2, 0) is 4.74 Å². The van der Waals surface area contributed by atoms with Gasteiger partial charge in [0.2, 0.25) is 0 Å². The summed E-state index contributed by atoms with van der Waals surface area (Å²) in [5.41, 5.74) is 0.584. The van der Waals surface area contributed by atoms with Gasteiger partial charge >= 0.3 is 5.97 Å². The number of rotatable bonds is 5. The van der Waals surface area contributed by atoms with E-state index in [1.807, 2.05) is 36.4 Å². The van der Waals surface area contributed by atoms with Crippen molar-refractivity contribution in [3.63, 3.8) is 0 Å².